The maximum Gasteiger partial charge on any atom is 0.410 e. The van der Waals surface area contributed by atoms with E-state index in [0.717, 1.165) is 5.01 Å². The Morgan fingerprint density at radius 1 is 1.55 bits per heavy atom. The molecule has 0 spiro atoms. The van der Waals surface area contributed by atoms with E-state index in [1.54, 1.807) is 16.2 Å². The van der Waals surface area contributed by atoms with Crippen LogP contribution in [0.15, 0.2) is 6.20 Å². The van der Waals surface area contributed by atoms with Crippen LogP contribution in [0.2, 0.25) is 0 Å². The zero-order chi connectivity index (χ0) is 14.9. The molecule has 1 fully saturated rings. The van der Waals surface area contributed by atoms with Crippen LogP contribution in [0.5, 0.6) is 0 Å². The highest BCUT2D eigenvalue weighted by Gasteiger charge is 2.34. The lowest BCUT2D eigenvalue weighted by Gasteiger charge is -2.41. The van der Waals surface area contributed by atoms with Gasteiger partial charge in [0.25, 0.3) is 0 Å². The van der Waals surface area contributed by atoms with Gasteiger partial charge in [-0.25, -0.2) is 9.78 Å². The van der Waals surface area contributed by atoms with Gasteiger partial charge in [-0.3, -0.25) is 0 Å². The van der Waals surface area contributed by atoms with Crippen LogP contribution in [-0.2, 0) is 4.74 Å². The second-order valence-electron chi connectivity index (χ2n) is 6.28. The number of likely N-dealkylation sites (tertiary alicyclic amines) is 1. The van der Waals surface area contributed by atoms with E-state index in [0.29, 0.717) is 19.1 Å². The van der Waals surface area contributed by atoms with Crippen LogP contribution in [0, 0.1) is 6.92 Å². The molecule has 1 aliphatic heterocycles. The van der Waals surface area contributed by atoms with Crippen molar-refractivity contribution in [2.24, 2.45) is 0 Å². The minimum Gasteiger partial charge on any atom is -0.444 e. The summed E-state index contributed by atoms with van der Waals surface area (Å²) in [5.74, 6) is 0. The van der Waals surface area contributed by atoms with Gasteiger partial charge < -0.3 is 15.0 Å². The second kappa shape index (κ2) is 5.69. The summed E-state index contributed by atoms with van der Waals surface area (Å²) in [7, 11) is 0. The molecule has 1 N–H and O–H groups in total. The van der Waals surface area contributed by atoms with Crippen molar-refractivity contribution < 1.29 is 9.53 Å². The fourth-order valence-electron chi connectivity index (χ4n) is 2.06. The number of amides is 1. The number of aromatic nitrogens is 1. The van der Waals surface area contributed by atoms with Crippen molar-refractivity contribution in [3.8, 4) is 0 Å². The fourth-order valence-corrected chi connectivity index (χ4v) is 2.84. The molecule has 0 radical (unpaired) electrons. The molecule has 1 aliphatic rings. The molecule has 1 unspecified atom stereocenters. The maximum atomic E-state index is 11.8. The van der Waals surface area contributed by atoms with E-state index < -0.39 is 5.60 Å². The summed E-state index contributed by atoms with van der Waals surface area (Å²) in [6.45, 7) is 11.2. The number of aryl methyl sites for hydroxylation is 1. The highest BCUT2D eigenvalue weighted by Crippen LogP contribution is 2.22. The zero-order valence-electron chi connectivity index (χ0n) is 12.8. The van der Waals surface area contributed by atoms with Crippen molar-refractivity contribution in [1.82, 2.24) is 15.2 Å². The molecular weight excluding hydrogens is 274 g/mol. The van der Waals surface area contributed by atoms with Gasteiger partial charge in [0.1, 0.15) is 10.6 Å². The summed E-state index contributed by atoms with van der Waals surface area (Å²) >= 11 is 1.71. The second-order valence-corrected chi connectivity index (χ2v) is 7.55. The Bertz CT molecular complexity index is 475. The number of carbonyl (C=O) groups is 1. The first kappa shape index (κ1) is 15.3. The van der Waals surface area contributed by atoms with Crippen LogP contribution in [-0.4, -0.2) is 40.7 Å². The highest BCUT2D eigenvalue weighted by molar-refractivity contribution is 7.11. The molecule has 1 saturated heterocycles. The summed E-state index contributed by atoms with van der Waals surface area (Å²) in [4.78, 5) is 19.1. The van der Waals surface area contributed by atoms with E-state index in [2.05, 4.69) is 24.1 Å². The van der Waals surface area contributed by atoms with E-state index in [9.17, 15) is 4.79 Å². The van der Waals surface area contributed by atoms with Crippen LogP contribution in [0.25, 0.3) is 0 Å². The average molecular weight is 297 g/mol. The first-order valence-corrected chi connectivity index (χ1v) is 7.72. The monoisotopic (exact) mass is 297 g/mol. The maximum absolute atomic E-state index is 11.8. The van der Waals surface area contributed by atoms with Crippen molar-refractivity contribution in [3.05, 3.63) is 16.1 Å². The zero-order valence-corrected chi connectivity index (χ0v) is 13.6. The number of carbonyl (C=O) groups excluding carboxylic acids is 1. The fraction of sp³-hybridized carbons (Fsp3) is 0.714. The smallest absolute Gasteiger partial charge is 0.410 e. The van der Waals surface area contributed by atoms with Gasteiger partial charge >= 0.3 is 6.09 Å². The van der Waals surface area contributed by atoms with E-state index >= 15 is 0 Å². The molecule has 2 heterocycles. The van der Waals surface area contributed by atoms with Crippen molar-refractivity contribution in [2.75, 3.05) is 13.1 Å². The van der Waals surface area contributed by atoms with Gasteiger partial charge in [-0.1, -0.05) is 0 Å². The molecule has 2 rings (SSSR count). The lowest BCUT2D eigenvalue weighted by Crippen LogP contribution is -2.60. The Kier molecular flexibility index (Phi) is 4.34. The normalized spacial score (nSPS) is 17.8. The average Bonchev–Trinajstić information content (AvgIpc) is 2.66. The predicted molar refractivity (Wildman–Crippen MR) is 80.0 cm³/mol. The Balaban J connectivity index is 1.75. The molecule has 1 aromatic rings. The summed E-state index contributed by atoms with van der Waals surface area (Å²) in [6.07, 6.45) is 1.67. The van der Waals surface area contributed by atoms with Gasteiger partial charge in [-0.05, 0) is 34.6 Å². The molecule has 0 aromatic carbocycles. The molecule has 1 amide bonds. The van der Waals surface area contributed by atoms with Crippen molar-refractivity contribution >= 4 is 17.4 Å². The van der Waals surface area contributed by atoms with Gasteiger partial charge in [0.15, 0.2) is 0 Å². The van der Waals surface area contributed by atoms with Crippen LogP contribution in [0.3, 0.4) is 0 Å². The highest BCUT2D eigenvalue weighted by atomic mass is 32.1. The summed E-state index contributed by atoms with van der Waals surface area (Å²) in [5.41, 5.74) is -0.429. The van der Waals surface area contributed by atoms with Gasteiger partial charge in [0, 0.05) is 30.2 Å². The third-order valence-electron chi connectivity index (χ3n) is 3.03. The van der Waals surface area contributed by atoms with Crippen molar-refractivity contribution in [2.45, 2.75) is 52.3 Å². The minimum absolute atomic E-state index is 0.222. The number of ether oxygens (including phenoxy) is 1. The molecule has 0 bridgehead atoms. The lowest BCUT2D eigenvalue weighted by molar-refractivity contribution is 0.00434. The third kappa shape index (κ3) is 3.93. The molecule has 6 heteroatoms. The molecule has 0 saturated carbocycles. The van der Waals surface area contributed by atoms with E-state index in [1.165, 1.54) is 4.88 Å². The third-order valence-corrected chi connectivity index (χ3v) is 4.12. The van der Waals surface area contributed by atoms with Crippen molar-refractivity contribution in [1.29, 1.82) is 0 Å². The SMILES string of the molecule is Cc1cnc(C(C)NC2CN(C(=O)OC(C)(C)C)C2)s1. The van der Waals surface area contributed by atoms with E-state index in [4.69, 9.17) is 4.74 Å². The Hall–Kier alpha value is -1.14. The Labute approximate surface area is 124 Å². The molecular formula is C14H23N3O2S. The topological polar surface area (TPSA) is 54.5 Å². The van der Waals surface area contributed by atoms with Crippen molar-refractivity contribution in [3.63, 3.8) is 0 Å². The summed E-state index contributed by atoms with van der Waals surface area (Å²) in [5, 5.41) is 4.59. The number of hydrogen-bond donors (Lipinski definition) is 1. The molecule has 5 nitrogen and oxygen atoms in total. The summed E-state index contributed by atoms with van der Waals surface area (Å²) < 4.78 is 5.33. The number of rotatable bonds is 3. The predicted octanol–water partition coefficient (Wildman–Crippen LogP) is 2.72. The molecule has 20 heavy (non-hydrogen) atoms. The van der Waals surface area contributed by atoms with Gasteiger partial charge in [0.05, 0.1) is 6.04 Å². The number of hydrogen-bond acceptors (Lipinski definition) is 5. The summed E-state index contributed by atoms with van der Waals surface area (Å²) in [6, 6.07) is 0.543. The molecule has 112 valence electrons. The standard InChI is InChI=1S/C14H23N3O2S/c1-9-6-15-12(20-9)10(2)16-11-7-17(8-11)13(18)19-14(3,4)5/h6,10-11,16H,7-8H2,1-5H3. The van der Waals surface area contributed by atoms with E-state index in [1.807, 2.05) is 27.0 Å². The first-order chi connectivity index (χ1) is 9.24. The lowest BCUT2D eigenvalue weighted by atomic mass is 10.1. The van der Waals surface area contributed by atoms with E-state index in [-0.39, 0.29) is 12.1 Å². The number of thiazole rings is 1. The van der Waals surface area contributed by atoms with Gasteiger partial charge in [0.2, 0.25) is 0 Å². The number of nitrogens with one attached hydrogen (secondary N) is 1. The van der Waals surface area contributed by atoms with Crippen LogP contribution in [0.1, 0.15) is 43.6 Å². The molecule has 1 atom stereocenters. The molecule has 1 aromatic heterocycles. The van der Waals surface area contributed by atoms with Crippen LogP contribution in [0.4, 0.5) is 4.79 Å². The largest absolute Gasteiger partial charge is 0.444 e. The first-order valence-electron chi connectivity index (χ1n) is 6.91. The Morgan fingerprint density at radius 2 is 2.20 bits per heavy atom. The number of nitrogens with zero attached hydrogens (tertiary/aromatic N) is 2. The van der Waals surface area contributed by atoms with Crippen LogP contribution < -0.4 is 5.32 Å². The molecule has 0 aliphatic carbocycles. The Morgan fingerprint density at radius 3 is 2.70 bits per heavy atom. The van der Waals surface area contributed by atoms with Gasteiger partial charge in [-0.2, -0.15) is 0 Å². The van der Waals surface area contributed by atoms with Gasteiger partial charge in [-0.15, -0.1) is 11.3 Å². The minimum atomic E-state index is -0.429. The van der Waals surface area contributed by atoms with Crippen LogP contribution >= 0.6 is 11.3 Å². The quantitative estimate of drug-likeness (QED) is 0.932.